The maximum atomic E-state index is 10.1. The maximum absolute atomic E-state index is 10.1. The van der Waals surface area contributed by atoms with Crippen LogP contribution in [0.2, 0.25) is 0 Å². The van der Waals surface area contributed by atoms with Gasteiger partial charge in [0.1, 0.15) is 5.75 Å². The van der Waals surface area contributed by atoms with Crippen LogP contribution < -0.4 is 10.1 Å². The zero-order chi connectivity index (χ0) is 11.3. The molecule has 80 valence electrons. The van der Waals surface area contributed by atoms with Crippen molar-refractivity contribution >= 4 is 28.4 Å². The number of methoxy groups -OCH3 is 1. The molecule has 0 atom stereocenters. The largest absolute Gasteiger partial charge is 0.496 e. The summed E-state index contributed by atoms with van der Waals surface area (Å²) in [6.45, 7) is 1.98. The molecule has 0 aliphatic carbocycles. The summed E-state index contributed by atoms with van der Waals surface area (Å²) in [6.07, 6.45) is 4.05. The topological polar surface area (TPSA) is 38.3 Å². The Hall–Kier alpha value is -1.29. The lowest BCUT2D eigenvalue weighted by Gasteiger charge is -2.07. The summed E-state index contributed by atoms with van der Waals surface area (Å²) >= 11 is 3.40. The molecule has 15 heavy (non-hydrogen) atoms. The summed E-state index contributed by atoms with van der Waals surface area (Å²) < 4.78 is 6.05. The number of halogens is 1. The Labute approximate surface area is 97.3 Å². The van der Waals surface area contributed by atoms with E-state index in [1.54, 1.807) is 13.3 Å². The highest BCUT2D eigenvalue weighted by Crippen LogP contribution is 2.28. The lowest BCUT2D eigenvalue weighted by atomic mass is 10.1. The van der Waals surface area contributed by atoms with Crippen LogP contribution in [-0.4, -0.2) is 13.5 Å². The molecular weight excluding hydrogens is 258 g/mol. The molecule has 0 aromatic heterocycles. The van der Waals surface area contributed by atoms with Gasteiger partial charge in [-0.15, -0.1) is 0 Å². The van der Waals surface area contributed by atoms with Gasteiger partial charge in [0.05, 0.1) is 11.6 Å². The summed E-state index contributed by atoms with van der Waals surface area (Å²) in [4.78, 5) is 10.1. The summed E-state index contributed by atoms with van der Waals surface area (Å²) in [5.74, 6) is 0.799. The van der Waals surface area contributed by atoms with Crippen molar-refractivity contribution in [3.63, 3.8) is 0 Å². The normalized spacial score (nSPS) is 10.3. The van der Waals surface area contributed by atoms with Crippen molar-refractivity contribution in [1.29, 1.82) is 0 Å². The van der Waals surface area contributed by atoms with E-state index < -0.39 is 0 Å². The first-order valence-electron chi connectivity index (χ1n) is 4.39. The third-order valence-electron chi connectivity index (χ3n) is 1.97. The van der Waals surface area contributed by atoms with Crippen molar-refractivity contribution in [1.82, 2.24) is 5.32 Å². The zero-order valence-electron chi connectivity index (χ0n) is 8.58. The number of benzene rings is 1. The fourth-order valence-electron chi connectivity index (χ4n) is 1.18. The Morgan fingerprint density at radius 3 is 2.80 bits per heavy atom. The van der Waals surface area contributed by atoms with Crippen molar-refractivity contribution < 1.29 is 9.53 Å². The molecule has 1 aromatic carbocycles. The van der Waals surface area contributed by atoms with Crippen molar-refractivity contribution in [2.24, 2.45) is 0 Å². The van der Waals surface area contributed by atoms with E-state index in [9.17, 15) is 4.79 Å². The molecule has 0 heterocycles. The number of amides is 1. The second kappa shape index (κ2) is 5.56. The van der Waals surface area contributed by atoms with E-state index in [0.29, 0.717) is 6.41 Å². The molecule has 0 aliphatic heterocycles. The van der Waals surface area contributed by atoms with Crippen LogP contribution in [0, 0.1) is 6.92 Å². The van der Waals surface area contributed by atoms with E-state index in [0.717, 1.165) is 21.3 Å². The van der Waals surface area contributed by atoms with E-state index in [4.69, 9.17) is 4.74 Å². The third-order valence-corrected chi connectivity index (χ3v) is 2.59. The number of ether oxygens (including phenoxy) is 1. The number of rotatable bonds is 4. The van der Waals surface area contributed by atoms with Gasteiger partial charge in [0, 0.05) is 6.20 Å². The minimum absolute atomic E-state index is 0.629. The molecule has 1 aromatic rings. The summed E-state index contributed by atoms with van der Waals surface area (Å²) in [5.41, 5.74) is 2.11. The molecule has 0 fully saturated rings. The molecule has 0 radical (unpaired) electrons. The first-order chi connectivity index (χ1) is 7.19. The predicted molar refractivity (Wildman–Crippen MR) is 63.7 cm³/mol. The average Bonchev–Trinajstić information content (AvgIpc) is 2.23. The van der Waals surface area contributed by atoms with Crippen LogP contribution in [0.4, 0.5) is 0 Å². The molecule has 4 heteroatoms. The average molecular weight is 270 g/mol. The van der Waals surface area contributed by atoms with Crippen LogP contribution in [0.1, 0.15) is 11.1 Å². The number of hydrogen-bond acceptors (Lipinski definition) is 2. The Balaban J connectivity index is 2.99. The molecule has 0 spiro atoms. The van der Waals surface area contributed by atoms with Gasteiger partial charge in [0.2, 0.25) is 6.41 Å². The number of carbonyl (C=O) groups is 1. The fraction of sp³-hybridized carbons (Fsp3) is 0.182. The van der Waals surface area contributed by atoms with Gasteiger partial charge in [0.15, 0.2) is 0 Å². The van der Waals surface area contributed by atoms with Crippen LogP contribution in [0.5, 0.6) is 5.75 Å². The summed E-state index contributed by atoms with van der Waals surface area (Å²) in [5, 5.41) is 2.46. The Morgan fingerprint density at radius 2 is 2.20 bits per heavy atom. The van der Waals surface area contributed by atoms with E-state index in [1.165, 1.54) is 0 Å². The van der Waals surface area contributed by atoms with Gasteiger partial charge < -0.3 is 10.1 Å². The summed E-state index contributed by atoms with van der Waals surface area (Å²) in [6, 6.07) is 3.88. The molecule has 1 rings (SSSR count). The molecule has 3 nitrogen and oxygen atoms in total. The number of aryl methyl sites for hydroxylation is 1. The highest BCUT2D eigenvalue weighted by Gasteiger charge is 2.03. The first-order valence-corrected chi connectivity index (χ1v) is 5.18. The predicted octanol–water partition coefficient (Wildman–Crippen LogP) is 2.48. The second-order valence-corrected chi connectivity index (χ2v) is 3.82. The van der Waals surface area contributed by atoms with Crippen molar-refractivity contribution in [3.8, 4) is 5.75 Å². The highest BCUT2D eigenvalue weighted by molar-refractivity contribution is 9.10. The van der Waals surface area contributed by atoms with Gasteiger partial charge in [-0.3, -0.25) is 4.79 Å². The van der Waals surface area contributed by atoms with Crippen LogP contribution in [0.3, 0.4) is 0 Å². The molecule has 1 N–H and O–H groups in total. The van der Waals surface area contributed by atoms with Gasteiger partial charge in [-0.1, -0.05) is 0 Å². The lowest BCUT2D eigenvalue weighted by molar-refractivity contribution is -0.108. The van der Waals surface area contributed by atoms with E-state index >= 15 is 0 Å². The van der Waals surface area contributed by atoms with E-state index in [2.05, 4.69) is 21.2 Å². The van der Waals surface area contributed by atoms with Crippen LogP contribution in [0.25, 0.3) is 6.08 Å². The van der Waals surface area contributed by atoms with Gasteiger partial charge in [-0.25, -0.2) is 0 Å². The second-order valence-electron chi connectivity index (χ2n) is 2.96. The van der Waals surface area contributed by atoms with E-state index in [-0.39, 0.29) is 0 Å². The van der Waals surface area contributed by atoms with Gasteiger partial charge >= 0.3 is 0 Å². The molecular formula is C11H12BrNO2. The monoisotopic (exact) mass is 269 g/mol. The van der Waals surface area contributed by atoms with Crippen molar-refractivity contribution in [3.05, 3.63) is 33.9 Å². The smallest absolute Gasteiger partial charge is 0.211 e. The maximum Gasteiger partial charge on any atom is 0.211 e. The molecule has 0 aliphatic rings. The Morgan fingerprint density at radius 1 is 1.47 bits per heavy atom. The molecule has 1 amide bonds. The lowest BCUT2D eigenvalue weighted by Crippen LogP contribution is -1.98. The van der Waals surface area contributed by atoms with E-state index in [1.807, 2.05) is 25.1 Å². The SMILES string of the molecule is COc1cc(C)c(/C=C\NC=O)cc1Br. The Kier molecular flexibility index (Phi) is 4.37. The van der Waals surface area contributed by atoms with Crippen LogP contribution >= 0.6 is 15.9 Å². The zero-order valence-corrected chi connectivity index (χ0v) is 10.2. The number of carbonyl (C=O) groups excluding carboxylic acids is 1. The first kappa shape index (κ1) is 11.8. The van der Waals surface area contributed by atoms with Crippen molar-refractivity contribution in [2.75, 3.05) is 7.11 Å². The van der Waals surface area contributed by atoms with Crippen LogP contribution in [-0.2, 0) is 4.79 Å². The third kappa shape index (κ3) is 3.09. The molecule has 0 unspecified atom stereocenters. The molecule has 0 saturated heterocycles. The Bertz CT molecular complexity index is 388. The van der Waals surface area contributed by atoms with Crippen LogP contribution in [0.15, 0.2) is 22.8 Å². The summed E-state index contributed by atoms with van der Waals surface area (Å²) in [7, 11) is 1.63. The van der Waals surface area contributed by atoms with Gasteiger partial charge in [0.25, 0.3) is 0 Å². The standard InChI is InChI=1S/C11H12BrNO2/c1-8-5-11(15-2)10(12)6-9(8)3-4-13-7-14/h3-7H,1-2H3,(H,13,14)/b4-3-. The van der Waals surface area contributed by atoms with Gasteiger partial charge in [-0.05, 0) is 52.2 Å². The van der Waals surface area contributed by atoms with Gasteiger partial charge in [-0.2, -0.15) is 0 Å². The minimum atomic E-state index is 0.629. The molecule has 0 bridgehead atoms. The fourth-order valence-corrected chi connectivity index (χ4v) is 1.71. The number of nitrogens with one attached hydrogen (secondary N) is 1. The number of hydrogen-bond donors (Lipinski definition) is 1. The van der Waals surface area contributed by atoms with Crippen molar-refractivity contribution in [2.45, 2.75) is 6.92 Å². The highest BCUT2D eigenvalue weighted by atomic mass is 79.9. The molecule has 0 saturated carbocycles. The minimum Gasteiger partial charge on any atom is -0.496 e. The quantitative estimate of drug-likeness (QED) is 0.853.